The first kappa shape index (κ1) is 11.6. The van der Waals surface area contributed by atoms with Crippen molar-refractivity contribution >= 4 is 10.0 Å². The van der Waals surface area contributed by atoms with Gasteiger partial charge >= 0.3 is 0 Å². The van der Waals surface area contributed by atoms with Gasteiger partial charge in [0.1, 0.15) is 0 Å². The molecular weight excluding hydrogens is 222 g/mol. The highest BCUT2D eigenvalue weighted by Gasteiger charge is 2.32. The van der Waals surface area contributed by atoms with Crippen LogP contribution >= 0.6 is 0 Å². The van der Waals surface area contributed by atoms with Crippen LogP contribution in [0.1, 0.15) is 25.3 Å². The van der Waals surface area contributed by atoms with E-state index >= 15 is 0 Å². The summed E-state index contributed by atoms with van der Waals surface area (Å²) >= 11 is 0. The predicted molar refractivity (Wildman–Crippen MR) is 63.8 cm³/mol. The maximum Gasteiger partial charge on any atom is 0.243 e. The van der Waals surface area contributed by atoms with E-state index in [1.807, 2.05) is 26.0 Å². The zero-order valence-corrected chi connectivity index (χ0v) is 10.5. The fourth-order valence-electron chi connectivity index (χ4n) is 2.11. The van der Waals surface area contributed by atoms with Crippen LogP contribution in [0.2, 0.25) is 0 Å². The molecule has 16 heavy (non-hydrogen) atoms. The molecule has 0 aromatic heterocycles. The first-order chi connectivity index (χ1) is 7.51. The molecule has 88 valence electrons. The largest absolute Gasteiger partial charge is 0.243 e. The van der Waals surface area contributed by atoms with Crippen LogP contribution < -0.4 is 0 Å². The van der Waals surface area contributed by atoms with E-state index in [1.165, 1.54) is 0 Å². The van der Waals surface area contributed by atoms with Crippen molar-refractivity contribution in [2.24, 2.45) is 0 Å². The highest BCUT2D eigenvalue weighted by molar-refractivity contribution is 7.89. The molecule has 4 heteroatoms. The van der Waals surface area contributed by atoms with Crippen molar-refractivity contribution in [1.82, 2.24) is 4.31 Å². The molecule has 3 nitrogen and oxygen atoms in total. The number of benzene rings is 1. The van der Waals surface area contributed by atoms with Crippen molar-refractivity contribution in [2.75, 3.05) is 6.54 Å². The van der Waals surface area contributed by atoms with E-state index in [0.717, 1.165) is 18.4 Å². The average Bonchev–Trinajstić information content (AvgIpc) is 2.66. The second-order valence-electron chi connectivity index (χ2n) is 4.42. The van der Waals surface area contributed by atoms with Gasteiger partial charge in [-0.3, -0.25) is 0 Å². The monoisotopic (exact) mass is 239 g/mol. The third-order valence-corrected chi connectivity index (χ3v) is 5.15. The van der Waals surface area contributed by atoms with Crippen LogP contribution in [0.15, 0.2) is 29.2 Å². The molecule has 1 heterocycles. The van der Waals surface area contributed by atoms with Gasteiger partial charge in [0.05, 0.1) is 4.90 Å². The van der Waals surface area contributed by atoms with Gasteiger partial charge < -0.3 is 0 Å². The second kappa shape index (κ2) is 4.18. The number of hydrogen-bond donors (Lipinski definition) is 0. The number of aryl methyl sites for hydroxylation is 1. The van der Waals surface area contributed by atoms with Crippen molar-refractivity contribution in [3.63, 3.8) is 0 Å². The van der Waals surface area contributed by atoms with E-state index in [-0.39, 0.29) is 6.04 Å². The van der Waals surface area contributed by atoms with Gasteiger partial charge in [0.25, 0.3) is 0 Å². The van der Waals surface area contributed by atoms with Gasteiger partial charge in [0, 0.05) is 12.6 Å². The molecule has 1 saturated heterocycles. The Bertz CT molecular complexity index is 464. The average molecular weight is 239 g/mol. The summed E-state index contributed by atoms with van der Waals surface area (Å²) < 4.78 is 26.2. The van der Waals surface area contributed by atoms with Crippen LogP contribution in [-0.2, 0) is 10.0 Å². The van der Waals surface area contributed by atoms with Crippen molar-refractivity contribution in [3.05, 3.63) is 29.8 Å². The Morgan fingerprint density at radius 3 is 2.38 bits per heavy atom. The van der Waals surface area contributed by atoms with Crippen molar-refractivity contribution in [2.45, 2.75) is 37.6 Å². The predicted octanol–water partition coefficient (Wildman–Crippen LogP) is 2.17. The molecule has 0 amide bonds. The first-order valence-corrected chi connectivity index (χ1v) is 7.04. The summed E-state index contributed by atoms with van der Waals surface area (Å²) in [5.41, 5.74) is 1.08. The molecule has 0 spiro atoms. The maximum atomic E-state index is 12.3. The van der Waals surface area contributed by atoms with Crippen LogP contribution in [0.5, 0.6) is 0 Å². The van der Waals surface area contributed by atoms with E-state index in [2.05, 4.69) is 0 Å². The van der Waals surface area contributed by atoms with Gasteiger partial charge in [-0.25, -0.2) is 8.42 Å². The summed E-state index contributed by atoms with van der Waals surface area (Å²) in [7, 11) is -3.27. The summed E-state index contributed by atoms with van der Waals surface area (Å²) in [6.45, 7) is 4.57. The molecule has 1 aromatic rings. The van der Waals surface area contributed by atoms with E-state index in [0.29, 0.717) is 11.4 Å². The minimum Gasteiger partial charge on any atom is -0.207 e. The topological polar surface area (TPSA) is 37.4 Å². The highest BCUT2D eigenvalue weighted by atomic mass is 32.2. The van der Waals surface area contributed by atoms with Crippen LogP contribution in [0.3, 0.4) is 0 Å². The Hall–Kier alpha value is -0.870. The second-order valence-corrected chi connectivity index (χ2v) is 6.31. The van der Waals surface area contributed by atoms with Crippen LogP contribution in [0.4, 0.5) is 0 Å². The molecule has 1 aromatic carbocycles. The maximum absolute atomic E-state index is 12.3. The third kappa shape index (κ3) is 1.99. The normalized spacial score (nSPS) is 22.5. The molecule has 0 radical (unpaired) electrons. The van der Waals surface area contributed by atoms with E-state index in [1.54, 1.807) is 16.4 Å². The lowest BCUT2D eigenvalue weighted by Gasteiger charge is -2.20. The van der Waals surface area contributed by atoms with E-state index < -0.39 is 10.0 Å². The number of rotatable bonds is 2. The minimum atomic E-state index is -3.27. The van der Waals surface area contributed by atoms with Gasteiger partial charge in [-0.05, 0) is 38.8 Å². The molecule has 2 rings (SSSR count). The number of hydrogen-bond acceptors (Lipinski definition) is 2. The molecule has 1 atom stereocenters. The molecule has 0 bridgehead atoms. The lowest BCUT2D eigenvalue weighted by Crippen LogP contribution is -2.33. The summed E-state index contributed by atoms with van der Waals surface area (Å²) in [6, 6.07) is 7.19. The van der Waals surface area contributed by atoms with Gasteiger partial charge in [-0.15, -0.1) is 0 Å². The van der Waals surface area contributed by atoms with Crippen LogP contribution in [0, 0.1) is 6.92 Å². The van der Waals surface area contributed by atoms with Gasteiger partial charge in [-0.2, -0.15) is 4.31 Å². The summed E-state index contributed by atoms with van der Waals surface area (Å²) in [6.07, 6.45) is 1.93. The van der Waals surface area contributed by atoms with Gasteiger partial charge in [-0.1, -0.05) is 17.7 Å². The Kier molecular flexibility index (Phi) is 3.04. The molecular formula is C12H17NO2S. The zero-order valence-electron chi connectivity index (χ0n) is 9.68. The molecule has 0 aliphatic carbocycles. The molecule has 1 unspecified atom stereocenters. The number of sulfonamides is 1. The minimum absolute atomic E-state index is 0.131. The summed E-state index contributed by atoms with van der Waals surface area (Å²) in [4.78, 5) is 0.409. The molecule has 1 aliphatic heterocycles. The van der Waals surface area contributed by atoms with Crippen LogP contribution in [-0.4, -0.2) is 25.3 Å². The van der Waals surface area contributed by atoms with Crippen molar-refractivity contribution < 1.29 is 8.42 Å². The molecule has 0 N–H and O–H groups in total. The smallest absolute Gasteiger partial charge is 0.207 e. The summed E-state index contributed by atoms with van der Waals surface area (Å²) in [5.74, 6) is 0. The fraction of sp³-hybridized carbons (Fsp3) is 0.500. The Morgan fingerprint density at radius 1 is 1.25 bits per heavy atom. The summed E-state index contributed by atoms with van der Waals surface area (Å²) in [5, 5.41) is 0. The van der Waals surface area contributed by atoms with Gasteiger partial charge in [0.15, 0.2) is 0 Å². The fourth-order valence-corrected chi connectivity index (χ4v) is 3.81. The lowest BCUT2D eigenvalue weighted by atomic mass is 10.2. The number of nitrogens with zero attached hydrogens (tertiary/aromatic N) is 1. The highest BCUT2D eigenvalue weighted by Crippen LogP contribution is 2.25. The van der Waals surface area contributed by atoms with Gasteiger partial charge in [0.2, 0.25) is 10.0 Å². The Morgan fingerprint density at radius 2 is 1.88 bits per heavy atom. The first-order valence-electron chi connectivity index (χ1n) is 5.60. The van der Waals surface area contributed by atoms with Crippen molar-refractivity contribution in [3.8, 4) is 0 Å². The SMILES string of the molecule is Cc1ccc(S(=O)(=O)N2CCCC2C)cc1. The Labute approximate surface area is 97.1 Å². The molecule has 1 fully saturated rings. The quantitative estimate of drug-likeness (QED) is 0.793. The zero-order chi connectivity index (χ0) is 11.8. The van der Waals surface area contributed by atoms with Crippen molar-refractivity contribution in [1.29, 1.82) is 0 Å². The molecule has 0 saturated carbocycles. The van der Waals surface area contributed by atoms with E-state index in [9.17, 15) is 8.42 Å². The Balaban J connectivity index is 2.35. The van der Waals surface area contributed by atoms with E-state index in [4.69, 9.17) is 0 Å². The lowest BCUT2D eigenvalue weighted by molar-refractivity contribution is 0.408. The molecule has 1 aliphatic rings. The van der Waals surface area contributed by atoms with Crippen LogP contribution in [0.25, 0.3) is 0 Å². The standard InChI is InChI=1S/C12H17NO2S/c1-10-5-7-12(8-6-10)16(14,15)13-9-3-4-11(13)2/h5-8,11H,3-4,9H2,1-2H3. The third-order valence-electron chi connectivity index (χ3n) is 3.12.